The fourth-order valence-electron chi connectivity index (χ4n) is 6.89. The fourth-order valence-corrected chi connectivity index (χ4v) is 13.8. The van der Waals surface area contributed by atoms with Crippen LogP contribution in [0.3, 0.4) is 0 Å². The number of halogens is 1. The van der Waals surface area contributed by atoms with Gasteiger partial charge in [-0.1, -0.05) is 165 Å². The van der Waals surface area contributed by atoms with Gasteiger partial charge in [-0.05, 0) is 67.6 Å². The molecular weight excluding hydrogens is 680 g/mol. The van der Waals surface area contributed by atoms with Crippen molar-refractivity contribution in [2.75, 3.05) is 0 Å². The Labute approximate surface area is 314 Å². The van der Waals surface area contributed by atoms with Gasteiger partial charge in [0.2, 0.25) is 20.1 Å². The summed E-state index contributed by atoms with van der Waals surface area (Å²) in [6.07, 6.45) is 2.20. The number of hydrogen-bond acceptors (Lipinski definition) is 3. The smallest absolute Gasteiger partial charge is 0.282 e. The van der Waals surface area contributed by atoms with Crippen molar-refractivity contribution >= 4 is 38.9 Å². The Hall–Kier alpha value is -3.86. The maximum absolute atomic E-state index is 15.7. The van der Waals surface area contributed by atoms with Crippen LogP contribution in [0.1, 0.15) is 90.5 Å². The fraction of sp³-hybridized carbons (Fsp3) is 0.409. The summed E-state index contributed by atoms with van der Waals surface area (Å²) in [7, 11) is -5.56. The SMILES string of the molecule is CC(C)[Si](F)(c1cccc(CCC(=O)NCc2ccccc2)c1)C(C)C.CC(C)[Si](O)(c1cccc(CCC(=O)NCc2ccccc2)c1)C(C)C. The molecule has 8 heteroatoms. The van der Waals surface area contributed by atoms with Crippen LogP contribution in [0.4, 0.5) is 4.11 Å². The molecule has 0 aliphatic rings. The summed E-state index contributed by atoms with van der Waals surface area (Å²) >= 11 is 0. The molecule has 0 aliphatic carbocycles. The van der Waals surface area contributed by atoms with E-state index in [9.17, 15) is 14.4 Å². The van der Waals surface area contributed by atoms with Crippen LogP contribution in [0, 0.1) is 0 Å². The zero-order chi connectivity index (χ0) is 38.3. The Morgan fingerprint density at radius 3 is 1.29 bits per heavy atom. The highest BCUT2D eigenvalue weighted by Gasteiger charge is 2.43. The van der Waals surface area contributed by atoms with Crippen molar-refractivity contribution in [3.63, 3.8) is 0 Å². The van der Waals surface area contributed by atoms with Gasteiger partial charge in [0.05, 0.1) is 0 Å². The second-order valence-corrected chi connectivity index (χ2v) is 24.1. The molecular formula is C44H61FN2O3Si2. The molecule has 4 aromatic carbocycles. The number of amides is 2. The lowest BCUT2D eigenvalue weighted by atomic mass is 10.1. The Balaban J connectivity index is 0.000000280. The minimum Gasteiger partial charge on any atom is -0.427 e. The largest absolute Gasteiger partial charge is 0.427 e. The van der Waals surface area contributed by atoms with Gasteiger partial charge in [0.1, 0.15) is 0 Å². The van der Waals surface area contributed by atoms with Crippen molar-refractivity contribution in [3.8, 4) is 0 Å². The first-order chi connectivity index (χ1) is 24.7. The summed E-state index contributed by atoms with van der Waals surface area (Å²) in [5.74, 6) is 0.0789. The van der Waals surface area contributed by atoms with Crippen LogP contribution < -0.4 is 21.0 Å². The number of carbonyl (C=O) groups excluding carboxylic acids is 2. The van der Waals surface area contributed by atoms with Gasteiger partial charge in [-0.25, -0.2) is 0 Å². The predicted octanol–water partition coefficient (Wildman–Crippen LogP) is 8.78. The topological polar surface area (TPSA) is 78.4 Å². The molecule has 0 fully saturated rings. The molecule has 4 aromatic rings. The molecule has 280 valence electrons. The molecule has 52 heavy (non-hydrogen) atoms. The maximum atomic E-state index is 15.7. The van der Waals surface area contributed by atoms with E-state index in [-0.39, 0.29) is 34.0 Å². The number of benzene rings is 4. The third-order valence-corrected chi connectivity index (χ3v) is 19.5. The highest BCUT2D eigenvalue weighted by atomic mass is 28.4. The Morgan fingerprint density at radius 1 is 0.538 bits per heavy atom. The summed E-state index contributed by atoms with van der Waals surface area (Å²) in [5, 5.41) is 7.84. The first kappa shape index (κ1) is 42.6. The molecule has 0 unspecified atom stereocenters. The lowest BCUT2D eigenvalue weighted by Crippen LogP contribution is -2.53. The maximum Gasteiger partial charge on any atom is 0.282 e. The second kappa shape index (κ2) is 20.4. The molecule has 0 aromatic heterocycles. The molecule has 0 bridgehead atoms. The van der Waals surface area contributed by atoms with Crippen LogP contribution >= 0.6 is 0 Å². The predicted molar refractivity (Wildman–Crippen MR) is 221 cm³/mol. The summed E-state index contributed by atoms with van der Waals surface area (Å²) in [6, 6.07) is 35.8. The van der Waals surface area contributed by atoms with Crippen molar-refractivity contribution in [2.24, 2.45) is 0 Å². The van der Waals surface area contributed by atoms with E-state index >= 15 is 4.11 Å². The number of hydrogen-bond donors (Lipinski definition) is 3. The molecule has 5 nitrogen and oxygen atoms in total. The zero-order valence-corrected chi connectivity index (χ0v) is 34.6. The number of nitrogens with one attached hydrogen (secondary N) is 2. The summed E-state index contributed by atoms with van der Waals surface area (Å²) in [4.78, 5) is 35.6. The van der Waals surface area contributed by atoms with Crippen molar-refractivity contribution in [1.29, 1.82) is 0 Å². The molecule has 0 radical (unpaired) electrons. The summed E-state index contributed by atoms with van der Waals surface area (Å²) in [6.45, 7) is 17.5. The normalized spacial score (nSPS) is 11.8. The van der Waals surface area contributed by atoms with E-state index in [0.29, 0.717) is 38.8 Å². The molecule has 4 rings (SSSR count). The van der Waals surface area contributed by atoms with Gasteiger partial charge < -0.3 is 19.5 Å². The van der Waals surface area contributed by atoms with Crippen molar-refractivity contribution in [3.05, 3.63) is 131 Å². The van der Waals surface area contributed by atoms with Gasteiger partial charge in [-0.15, -0.1) is 0 Å². The third-order valence-electron chi connectivity index (χ3n) is 10.1. The van der Waals surface area contributed by atoms with E-state index in [1.807, 2.05) is 131 Å². The summed E-state index contributed by atoms with van der Waals surface area (Å²) < 4.78 is 15.7. The Morgan fingerprint density at radius 2 is 0.904 bits per heavy atom. The lowest BCUT2D eigenvalue weighted by molar-refractivity contribution is -0.122. The first-order valence-corrected chi connectivity index (χ1v) is 23.0. The highest BCUT2D eigenvalue weighted by Crippen LogP contribution is 2.33. The van der Waals surface area contributed by atoms with Crippen LogP contribution in [-0.4, -0.2) is 33.3 Å². The van der Waals surface area contributed by atoms with Gasteiger partial charge in [-0.3, -0.25) is 9.59 Å². The first-order valence-electron chi connectivity index (χ1n) is 18.9. The van der Waals surface area contributed by atoms with Crippen molar-refractivity contribution in [2.45, 2.75) is 116 Å². The molecule has 0 aliphatic heterocycles. The second-order valence-electron chi connectivity index (χ2n) is 15.1. The highest BCUT2D eigenvalue weighted by molar-refractivity contribution is 6.88. The van der Waals surface area contributed by atoms with Gasteiger partial charge >= 0.3 is 0 Å². The van der Waals surface area contributed by atoms with Gasteiger partial charge in [0.15, 0.2) is 0 Å². The van der Waals surface area contributed by atoms with E-state index in [1.54, 1.807) is 0 Å². The minimum absolute atomic E-state index is 0.0238. The van der Waals surface area contributed by atoms with E-state index in [4.69, 9.17) is 0 Å². The molecule has 0 heterocycles. The molecule has 0 atom stereocenters. The van der Waals surface area contributed by atoms with Gasteiger partial charge in [0.25, 0.3) is 8.41 Å². The minimum atomic E-state index is -3.03. The molecule has 2 amide bonds. The zero-order valence-electron chi connectivity index (χ0n) is 32.6. The summed E-state index contributed by atoms with van der Waals surface area (Å²) in [5.41, 5.74) is 4.92. The molecule has 0 spiro atoms. The van der Waals surface area contributed by atoms with E-state index in [1.165, 1.54) is 0 Å². The molecule has 0 saturated carbocycles. The number of carbonyl (C=O) groups is 2. The van der Waals surface area contributed by atoms with Crippen LogP contribution in [0.5, 0.6) is 0 Å². The van der Waals surface area contributed by atoms with Crippen molar-refractivity contribution in [1.82, 2.24) is 10.6 Å². The van der Waals surface area contributed by atoms with E-state index in [2.05, 4.69) is 44.4 Å². The lowest BCUT2D eigenvalue weighted by Gasteiger charge is -2.33. The monoisotopic (exact) mass is 740 g/mol. The Kier molecular flexibility index (Phi) is 16.7. The number of aryl methyl sites for hydroxylation is 2. The molecule has 0 saturated heterocycles. The standard InChI is InChI=1S/C22H30FNOSi.C22H31NO2Si/c1-17(2)26(23,18(3)4)21-12-8-11-19(15-21)13-14-22(25)24-16-20-9-6-5-7-10-20;1-17(2)26(25,18(3)4)21-12-8-11-19(15-21)13-14-22(24)23-16-20-9-6-5-7-10-20/h5-12,15,17-18H,13-14,16H2,1-4H3,(H,24,25);5-12,15,17-18,25H,13-14,16H2,1-4H3,(H,23,24). The average molecular weight is 741 g/mol. The van der Waals surface area contributed by atoms with Crippen LogP contribution in [0.15, 0.2) is 109 Å². The number of rotatable bonds is 16. The van der Waals surface area contributed by atoms with Crippen molar-refractivity contribution < 1.29 is 18.5 Å². The van der Waals surface area contributed by atoms with Crippen LogP contribution in [0.2, 0.25) is 22.2 Å². The third kappa shape index (κ3) is 12.1. The molecule has 3 N–H and O–H groups in total. The van der Waals surface area contributed by atoms with Gasteiger partial charge in [0, 0.05) is 25.9 Å². The van der Waals surface area contributed by atoms with Gasteiger partial charge in [-0.2, -0.15) is 0 Å². The quantitative estimate of drug-likeness (QED) is 0.0794. The van der Waals surface area contributed by atoms with Crippen LogP contribution in [-0.2, 0) is 35.5 Å². The Bertz CT molecular complexity index is 1540. The van der Waals surface area contributed by atoms with E-state index in [0.717, 1.165) is 32.6 Å². The van der Waals surface area contributed by atoms with Crippen LogP contribution in [0.25, 0.3) is 0 Å². The van der Waals surface area contributed by atoms with E-state index < -0.39 is 16.7 Å². The average Bonchev–Trinajstić information content (AvgIpc) is 3.14.